The molecule has 0 aliphatic heterocycles. The van der Waals surface area contributed by atoms with Gasteiger partial charge in [-0.05, 0) is 36.4 Å². The second-order valence-corrected chi connectivity index (χ2v) is 7.46. The number of hydrogen-bond acceptors (Lipinski definition) is 6. The zero-order chi connectivity index (χ0) is 19.6. The third-order valence-electron chi connectivity index (χ3n) is 4.68. The molecule has 0 aliphatic carbocycles. The van der Waals surface area contributed by atoms with Crippen molar-refractivity contribution in [1.82, 2.24) is 15.0 Å². The van der Waals surface area contributed by atoms with Gasteiger partial charge >= 0.3 is 0 Å². The van der Waals surface area contributed by atoms with E-state index in [1.165, 1.54) is 0 Å². The summed E-state index contributed by atoms with van der Waals surface area (Å²) >= 11 is 1.62. The Kier molecular flexibility index (Phi) is 4.54. The largest absolute Gasteiger partial charge is 0.497 e. The van der Waals surface area contributed by atoms with Crippen LogP contribution in [-0.4, -0.2) is 22.1 Å². The highest BCUT2D eigenvalue weighted by Gasteiger charge is 2.11. The second-order valence-electron chi connectivity index (χ2n) is 6.55. The maximum atomic E-state index is 6.05. The van der Waals surface area contributed by atoms with Crippen molar-refractivity contribution in [3.8, 4) is 22.9 Å². The zero-order valence-electron chi connectivity index (χ0n) is 15.7. The molecule has 3 aromatic heterocycles. The molecule has 0 amide bonds. The number of fused-ring (bicyclic) bond motifs is 2. The minimum absolute atomic E-state index is 0.445. The van der Waals surface area contributed by atoms with Crippen LogP contribution in [0.25, 0.3) is 32.5 Å². The number of methoxy groups -OCH3 is 1. The topological polar surface area (TPSA) is 57.1 Å². The first-order valence-electron chi connectivity index (χ1n) is 9.15. The molecule has 0 saturated carbocycles. The highest BCUT2D eigenvalue weighted by atomic mass is 32.1. The van der Waals surface area contributed by atoms with Crippen molar-refractivity contribution in [2.24, 2.45) is 0 Å². The fraction of sp³-hybridized carbons (Fsp3) is 0.0870. The van der Waals surface area contributed by atoms with E-state index >= 15 is 0 Å². The molecule has 5 aromatic rings. The highest BCUT2D eigenvalue weighted by Crippen LogP contribution is 2.29. The van der Waals surface area contributed by atoms with Crippen molar-refractivity contribution in [1.29, 1.82) is 0 Å². The van der Waals surface area contributed by atoms with Crippen LogP contribution in [0.5, 0.6) is 11.5 Å². The highest BCUT2D eigenvalue weighted by molar-refractivity contribution is 7.17. The summed E-state index contributed by atoms with van der Waals surface area (Å²) in [5.41, 5.74) is 3.84. The van der Waals surface area contributed by atoms with Gasteiger partial charge < -0.3 is 9.47 Å². The minimum Gasteiger partial charge on any atom is -0.497 e. The van der Waals surface area contributed by atoms with E-state index in [-0.39, 0.29) is 0 Å². The van der Waals surface area contributed by atoms with E-state index in [2.05, 4.69) is 15.3 Å². The Morgan fingerprint density at radius 1 is 0.966 bits per heavy atom. The van der Waals surface area contributed by atoms with Gasteiger partial charge in [0.25, 0.3) is 0 Å². The standard InChI is InChI=1S/C23H17N3O2S/c1-27-18-6-2-4-16(11-18)23-25-12-21-22(26-23)17(14-29-21)13-28-19-7-8-20-15(10-19)5-3-9-24-20/h2-12,14H,13H2,1H3. The Morgan fingerprint density at radius 3 is 2.86 bits per heavy atom. The molecule has 3 heterocycles. The Labute approximate surface area is 171 Å². The molecule has 0 bridgehead atoms. The molecule has 0 fully saturated rings. The lowest BCUT2D eigenvalue weighted by Gasteiger charge is -2.07. The first-order chi connectivity index (χ1) is 14.3. The summed E-state index contributed by atoms with van der Waals surface area (Å²) in [7, 11) is 1.65. The van der Waals surface area contributed by atoms with Crippen molar-refractivity contribution in [2.45, 2.75) is 6.61 Å². The van der Waals surface area contributed by atoms with Gasteiger partial charge in [-0.15, -0.1) is 11.3 Å². The molecule has 29 heavy (non-hydrogen) atoms. The van der Waals surface area contributed by atoms with Crippen LogP contribution in [-0.2, 0) is 6.61 Å². The molecule has 0 atom stereocenters. The summed E-state index contributed by atoms with van der Waals surface area (Å²) in [6, 6.07) is 17.6. The van der Waals surface area contributed by atoms with Gasteiger partial charge in [-0.2, -0.15) is 0 Å². The van der Waals surface area contributed by atoms with Gasteiger partial charge in [-0.25, -0.2) is 9.97 Å². The van der Waals surface area contributed by atoms with Crippen LogP contribution in [0.15, 0.2) is 72.4 Å². The number of pyridine rings is 1. The maximum Gasteiger partial charge on any atom is 0.159 e. The van der Waals surface area contributed by atoms with Crippen molar-refractivity contribution < 1.29 is 9.47 Å². The average Bonchev–Trinajstić information content (AvgIpc) is 3.20. The number of hydrogen-bond donors (Lipinski definition) is 0. The molecule has 0 radical (unpaired) electrons. The molecular formula is C23H17N3O2S. The van der Waals surface area contributed by atoms with Crippen molar-refractivity contribution in [3.05, 3.63) is 77.9 Å². The van der Waals surface area contributed by atoms with Crippen LogP contribution < -0.4 is 9.47 Å². The third-order valence-corrected chi connectivity index (χ3v) is 5.64. The fourth-order valence-electron chi connectivity index (χ4n) is 3.19. The quantitative estimate of drug-likeness (QED) is 0.391. The van der Waals surface area contributed by atoms with Crippen LogP contribution >= 0.6 is 11.3 Å². The summed E-state index contributed by atoms with van der Waals surface area (Å²) in [5.74, 6) is 2.27. The number of rotatable bonds is 5. The van der Waals surface area contributed by atoms with Gasteiger partial charge in [0.2, 0.25) is 0 Å². The Balaban J connectivity index is 1.43. The van der Waals surface area contributed by atoms with E-state index in [0.29, 0.717) is 12.4 Å². The van der Waals surface area contributed by atoms with Gasteiger partial charge in [0, 0.05) is 34.3 Å². The maximum absolute atomic E-state index is 6.05. The molecule has 5 rings (SSSR count). The third kappa shape index (κ3) is 3.50. The van der Waals surface area contributed by atoms with Crippen molar-refractivity contribution in [2.75, 3.05) is 7.11 Å². The van der Waals surface area contributed by atoms with E-state index < -0.39 is 0 Å². The minimum atomic E-state index is 0.445. The Morgan fingerprint density at radius 2 is 1.93 bits per heavy atom. The lowest BCUT2D eigenvalue weighted by molar-refractivity contribution is 0.308. The predicted octanol–water partition coefficient (Wildman–Crippen LogP) is 5.49. The number of benzene rings is 2. The summed E-state index contributed by atoms with van der Waals surface area (Å²) in [4.78, 5) is 13.7. The van der Waals surface area contributed by atoms with Crippen LogP contribution in [0, 0.1) is 0 Å². The summed E-state index contributed by atoms with van der Waals surface area (Å²) in [5, 5.41) is 3.14. The lowest BCUT2D eigenvalue weighted by atomic mass is 10.2. The van der Waals surface area contributed by atoms with Gasteiger partial charge in [0.15, 0.2) is 5.82 Å². The number of thiophene rings is 1. The molecular weight excluding hydrogens is 382 g/mol. The van der Waals surface area contributed by atoms with E-state index in [1.54, 1.807) is 24.6 Å². The molecule has 2 aromatic carbocycles. The zero-order valence-corrected chi connectivity index (χ0v) is 16.5. The summed E-state index contributed by atoms with van der Waals surface area (Å²) < 4.78 is 12.4. The molecule has 6 heteroatoms. The molecule has 5 nitrogen and oxygen atoms in total. The number of aromatic nitrogens is 3. The molecule has 142 valence electrons. The predicted molar refractivity (Wildman–Crippen MR) is 115 cm³/mol. The van der Waals surface area contributed by atoms with Crippen LogP contribution in [0.3, 0.4) is 0 Å². The van der Waals surface area contributed by atoms with Gasteiger partial charge in [-0.3, -0.25) is 4.98 Å². The first-order valence-corrected chi connectivity index (χ1v) is 10.0. The first kappa shape index (κ1) is 17.6. The summed E-state index contributed by atoms with van der Waals surface area (Å²) in [6.07, 6.45) is 3.66. The van der Waals surface area contributed by atoms with E-state index in [4.69, 9.17) is 14.5 Å². The van der Waals surface area contributed by atoms with Gasteiger partial charge in [-0.1, -0.05) is 18.2 Å². The average molecular weight is 399 g/mol. The van der Waals surface area contributed by atoms with Crippen molar-refractivity contribution in [3.63, 3.8) is 0 Å². The second kappa shape index (κ2) is 7.48. The smallest absolute Gasteiger partial charge is 0.159 e. The van der Waals surface area contributed by atoms with E-state index in [1.807, 2.05) is 60.8 Å². The lowest BCUT2D eigenvalue weighted by Crippen LogP contribution is -1.96. The molecule has 0 unspecified atom stereocenters. The Bertz CT molecular complexity index is 1320. The van der Waals surface area contributed by atoms with Crippen LogP contribution in [0.4, 0.5) is 0 Å². The van der Waals surface area contributed by atoms with E-state index in [0.717, 1.165) is 43.7 Å². The normalized spacial score (nSPS) is 11.1. The molecule has 0 saturated heterocycles. The monoisotopic (exact) mass is 399 g/mol. The number of ether oxygens (including phenoxy) is 2. The Hall–Kier alpha value is -3.51. The molecule has 0 spiro atoms. The van der Waals surface area contributed by atoms with Crippen LogP contribution in [0.2, 0.25) is 0 Å². The SMILES string of the molecule is COc1cccc(-c2ncc3scc(COc4ccc5ncccc5c4)c3n2)c1. The number of nitrogens with zero attached hydrogens (tertiary/aromatic N) is 3. The van der Waals surface area contributed by atoms with Crippen molar-refractivity contribution >= 4 is 32.5 Å². The molecule has 0 aliphatic rings. The fourth-order valence-corrected chi connectivity index (χ4v) is 4.04. The van der Waals surface area contributed by atoms with Gasteiger partial charge in [0.1, 0.15) is 18.1 Å². The van der Waals surface area contributed by atoms with E-state index in [9.17, 15) is 0 Å². The van der Waals surface area contributed by atoms with Crippen LogP contribution in [0.1, 0.15) is 5.56 Å². The van der Waals surface area contributed by atoms with Gasteiger partial charge in [0.05, 0.1) is 22.8 Å². The summed E-state index contributed by atoms with van der Waals surface area (Å²) in [6.45, 7) is 0.445. The molecule has 0 N–H and O–H groups in total.